The lowest BCUT2D eigenvalue weighted by atomic mass is 10.1. The van der Waals surface area contributed by atoms with Crippen LogP contribution >= 0.6 is 11.3 Å². The maximum absolute atomic E-state index is 12.0. The van der Waals surface area contributed by atoms with Crippen molar-refractivity contribution in [3.8, 4) is 17.9 Å². The summed E-state index contributed by atoms with van der Waals surface area (Å²) in [5, 5.41) is 18.2. The molecule has 0 spiro atoms. The van der Waals surface area contributed by atoms with E-state index in [1.165, 1.54) is 11.3 Å². The Balaban J connectivity index is 2.21. The third kappa shape index (κ3) is 3.18. The largest absolute Gasteiger partial charge is 0.491 e. The molecule has 0 N–H and O–H groups in total. The van der Waals surface area contributed by atoms with Gasteiger partial charge in [0.25, 0.3) is 0 Å². The summed E-state index contributed by atoms with van der Waals surface area (Å²) >= 11 is 1.42. The first-order valence-electron chi connectivity index (χ1n) is 5.64. The second-order valence-corrected chi connectivity index (χ2v) is 4.90. The number of nitriles is 2. The Labute approximate surface area is 113 Å². The van der Waals surface area contributed by atoms with E-state index < -0.39 is 12.6 Å². The average molecular weight is 275 g/mol. The number of rotatable bonds is 5. The van der Waals surface area contributed by atoms with E-state index in [9.17, 15) is 4.39 Å². The molecule has 0 atom stereocenters. The van der Waals surface area contributed by atoms with Crippen molar-refractivity contribution in [3.63, 3.8) is 0 Å². The quantitative estimate of drug-likeness (QED) is 0.841. The molecule has 0 unspecified atom stereocenters. The number of thiazole rings is 1. The van der Waals surface area contributed by atoms with Gasteiger partial charge in [-0.05, 0) is 18.2 Å². The summed E-state index contributed by atoms with van der Waals surface area (Å²) in [5.74, 6) is -0.0831. The first kappa shape index (κ1) is 13.3. The van der Waals surface area contributed by atoms with E-state index >= 15 is 0 Å². The molecule has 0 bridgehead atoms. The number of hydrogen-bond acceptors (Lipinski definition) is 5. The molecule has 6 heteroatoms. The molecule has 0 aliphatic rings. The van der Waals surface area contributed by atoms with Gasteiger partial charge in [0.2, 0.25) is 0 Å². The van der Waals surface area contributed by atoms with Gasteiger partial charge in [0, 0.05) is 6.42 Å². The fourth-order valence-corrected chi connectivity index (χ4v) is 2.62. The predicted molar refractivity (Wildman–Crippen MR) is 69.5 cm³/mol. The Morgan fingerprint density at radius 1 is 1.37 bits per heavy atom. The van der Waals surface area contributed by atoms with Crippen molar-refractivity contribution < 1.29 is 9.13 Å². The predicted octanol–water partition coefficient (Wildman–Crippen LogP) is 2.85. The molecule has 1 aromatic carbocycles. The molecule has 2 rings (SSSR count). The third-order valence-corrected chi connectivity index (χ3v) is 3.48. The molecule has 1 aromatic heterocycles. The molecule has 4 nitrogen and oxygen atoms in total. The fourth-order valence-electron chi connectivity index (χ4n) is 1.58. The van der Waals surface area contributed by atoms with Gasteiger partial charge < -0.3 is 4.74 Å². The van der Waals surface area contributed by atoms with E-state index in [2.05, 4.69) is 4.98 Å². The van der Waals surface area contributed by atoms with Crippen LogP contribution in [0.5, 0.6) is 5.75 Å². The lowest BCUT2D eigenvalue weighted by Gasteiger charge is -2.01. The van der Waals surface area contributed by atoms with Crippen LogP contribution < -0.4 is 4.74 Å². The second-order valence-electron chi connectivity index (χ2n) is 3.79. The fraction of sp³-hybridized carbons (Fsp3) is 0.308. The number of benzene rings is 1. The maximum atomic E-state index is 12.0. The lowest BCUT2D eigenvalue weighted by Crippen LogP contribution is -1.97. The number of aromatic nitrogens is 1. The van der Waals surface area contributed by atoms with Gasteiger partial charge >= 0.3 is 0 Å². The molecule has 0 saturated heterocycles. The van der Waals surface area contributed by atoms with Gasteiger partial charge in [-0.3, -0.25) is 0 Å². The van der Waals surface area contributed by atoms with Crippen molar-refractivity contribution in [2.75, 3.05) is 13.3 Å². The highest BCUT2D eigenvalue weighted by Crippen LogP contribution is 2.27. The first-order valence-corrected chi connectivity index (χ1v) is 6.46. The van der Waals surface area contributed by atoms with Crippen LogP contribution in [0.3, 0.4) is 0 Å². The van der Waals surface area contributed by atoms with Crippen molar-refractivity contribution in [1.29, 1.82) is 10.5 Å². The van der Waals surface area contributed by atoms with E-state index in [0.717, 1.165) is 15.2 Å². The van der Waals surface area contributed by atoms with E-state index in [1.54, 1.807) is 18.2 Å². The minimum atomic E-state index is -0.678. The van der Waals surface area contributed by atoms with Gasteiger partial charge in [-0.25, -0.2) is 9.37 Å². The zero-order valence-electron chi connectivity index (χ0n) is 9.97. The van der Waals surface area contributed by atoms with Crippen LogP contribution in [0.1, 0.15) is 5.01 Å². The maximum Gasteiger partial charge on any atom is 0.139 e. The molecule has 0 fully saturated rings. The van der Waals surface area contributed by atoms with E-state index in [0.29, 0.717) is 12.2 Å². The molecular weight excluding hydrogens is 265 g/mol. The zero-order chi connectivity index (χ0) is 13.7. The van der Waals surface area contributed by atoms with Crippen molar-refractivity contribution in [2.24, 2.45) is 5.92 Å². The van der Waals surface area contributed by atoms with Crippen LogP contribution in [0.2, 0.25) is 0 Å². The van der Waals surface area contributed by atoms with Crippen molar-refractivity contribution >= 4 is 21.6 Å². The van der Waals surface area contributed by atoms with E-state index in [1.807, 2.05) is 12.1 Å². The first-order chi connectivity index (χ1) is 9.26. The second kappa shape index (κ2) is 6.12. The minimum absolute atomic E-state index is 0.0299. The molecule has 0 radical (unpaired) electrons. The van der Waals surface area contributed by atoms with Gasteiger partial charge in [-0.2, -0.15) is 10.5 Å². The Morgan fingerprint density at radius 2 is 2.16 bits per heavy atom. The van der Waals surface area contributed by atoms with Crippen LogP contribution in [0, 0.1) is 28.6 Å². The van der Waals surface area contributed by atoms with Gasteiger partial charge in [0.1, 0.15) is 24.9 Å². The van der Waals surface area contributed by atoms with E-state index in [-0.39, 0.29) is 6.61 Å². The number of alkyl halides is 1. The monoisotopic (exact) mass is 275 g/mol. The third-order valence-electron chi connectivity index (χ3n) is 2.44. The van der Waals surface area contributed by atoms with Crippen LogP contribution in [0.15, 0.2) is 18.2 Å². The SMILES string of the molecule is N#CC(C#N)Cc1nc2ccc(OCCF)cc2s1. The zero-order valence-corrected chi connectivity index (χ0v) is 10.8. The van der Waals surface area contributed by atoms with Crippen molar-refractivity contribution in [2.45, 2.75) is 6.42 Å². The number of fused-ring (bicyclic) bond motifs is 1. The van der Waals surface area contributed by atoms with E-state index in [4.69, 9.17) is 15.3 Å². The molecule has 19 heavy (non-hydrogen) atoms. The van der Waals surface area contributed by atoms with Crippen molar-refractivity contribution in [3.05, 3.63) is 23.2 Å². The molecule has 0 amide bonds. The smallest absolute Gasteiger partial charge is 0.139 e. The standard InChI is InChI=1S/C13H10FN3OS/c14-3-4-18-10-1-2-11-12(6-10)19-13(17-11)5-9(7-15)8-16/h1-2,6,9H,3-5H2. The van der Waals surface area contributed by atoms with Gasteiger partial charge in [-0.15, -0.1) is 11.3 Å². The summed E-state index contributed by atoms with van der Waals surface area (Å²) in [6.45, 7) is -0.500. The summed E-state index contributed by atoms with van der Waals surface area (Å²) < 4.78 is 18.1. The summed E-state index contributed by atoms with van der Waals surface area (Å²) in [7, 11) is 0. The molecule has 0 saturated carbocycles. The summed E-state index contributed by atoms with van der Waals surface area (Å²) in [4.78, 5) is 4.36. The molecule has 0 aliphatic carbocycles. The van der Waals surface area contributed by atoms with Crippen LogP contribution in [-0.4, -0.2) is 18.3 Å². The Hall–Kier alpha value is -2.18. The number of halogens is 1. The Morgan fingerprint density at radius 3 is 2.84 bits per heavy atom. The van der Waals surface area contributed by atoms with Gasteiger partial charge in [-0.1, -0.05) is 0 Å². The Kier molecular flexibility index (Phi) is 4.27. The van der Waals surface area contributed by atoms with Crippen LogP contribution in [-0.2, 0) is 6.42 Å². The number of hydrogen-bond donors (Lipinski definition) is 0. The summed E-state index contributed by atoms with van der Waals surface area (Å²) in [6.07, 6.45) is 0.326. The molecule has 96 valence electrons. The van der Waals surface area contributed by atoms with Crippen LogP contribution in [0.25, 0.3) is 10.2 Å². The summed E-state index contributed by atoms with van der Waals surface area (Å²) in [5.41, 5.74) is 0.794. The van der Waals surface area contributed by atoms with Gasteiger partial charge in [0.15, 0.2) is 0 Å². The van der Waals surface area contributed by atoms with Crippen molar-refractivity contribution in [1.82, 2.24) is 4.98 Å². The van der Waals surface area contributed by atoms with Crippen LogP contribution in [0.4, 0.5) is 4.39 Å². The average Bonchev–Trinajstić information content (AvgIpc) is 2.84. The lowest BCUT2D eigenvalue weighted by molar-refractivity contribution is 0.273. The molecular formula is C13H10FN3OS. The summed E-state index contributed by atoms with van der Waals surface area (Å²) in [6, 6.07) is 9.16. The normalized spacial score (nSPS) is 10.3. The highest BCUT2D eigenvalue weighted by Gasteiger charge is 2.11. The minimum Gasteiger partial charge on any atom is -0.491 e. The topological polar surface area (TPSA) is 69.7 Å². The highest BCUT2D eigenvalue weighted by molar-refractivity contribution is 7.18. The molecule has 2 aromatic rings. The number of nitrogens with zero attached hydrogens (tertiary/aromatic N) is 3. The Bertz CT molecular complexity index is 642. The number of ether oxygens (including phenoxy) is 1. The molecule has 1 heterocycles. The highest BCUT2D eigenvalue weighted by atomic mass is 32.1. The van der Waals surface area contributed by atoms with Gasteiger partial charge in [0.05, 0.1) is 27.4 Å². The molecule has 0 aliphatic heterocycles.